The van der Waals surface area contributed by atoms with Crippen LogP contribution in [-0.4, -0.2) is 12.1 Å². The van der Waals surface area contributed by atoms with Crippen molar-refractivity contribution in [2.45, 2.75) is 71.4 Å². The summed E-state index contributed by atoms with van der Waals surface area (Å²) in [6.07, 6.45) is 7.76. The van der Waals surface area contributed by atoms with E-state index < -0.39 is 0 Å². The molecule has 4 N–H and O–H groups in total. The topological polar surface area (TPSA) is 52.0 Å². The van der Waals surface area contributed by atoms with Gasteiger partial charge in [-0.1, -0.05) is 20.8 Å². The molecule has 2 fully saturated rings. The van der Waals surface area contributed by atoms with Crippen molar-refractivity contribution in [3.05, 3.63) is 0 Å². The summed E-state index contributed by atoms with van der Waals surface area (Å²) in [7, 11) is 0. The van der Waals surface area contributed by atoms with Crippen LogP contribution < -0.4 is 11.5 Å². The molecule has 2 aliphatic rings. The van der Waals surface area contributed by atoms with Crippen LogP contribution in [0.4, 0.5) is 0 Å². The van der Waals surface area contributed by atoms with Crippen molar-refractivity contribution < 1.29 is 0 Å². The Bertz CT molecular complexity index is 266. The van der Waals surface area contributed by atoms with Crippen molar-refractivity contribution in [2.75, 3.05) is 0 Å². The summed E-state index contributed by atoms with van der Waals surface area (Å²) in [6.45, 7) is 7.17. The lowest BCUT2D eigenvalue weighted by Crippen LogP contribution is -2.45. The Hall–Kier alpha value is -0.0800. The molecule has 2 saturated carbocycles. The summed E-state index contributed by atoms with van der Waals surface area (Å²) in [4.78, 5) is 0. The van der Waals surface area contributed by atoms with E-state index in [4.69, 9.17) is 11.5 Å². The first-order valence-electron chi connectivity index (χ1n) is 7.43. The van der Waals surface area contributed by atoms with Gasteiger partial charge in [-0.2, -0.15) is 0 Å². The van der Waals surface area contributed by atoms with Crippen LogP contribution in [0.1, 0.15) is 59.3 Å². The minimum atomic E-state index is 0.436. The molecule has 0 spiro atoms. The van der Waals surface area contributed by atoms with Crippen molar-refractivity contribution in [2.24, 2.45) is 34.6 Å². The van der Waals surface area contributed by atoms with E-state index in [1.54, 1.807) is 0 Å². The second-order valence-corrected chi connectivity index (χ2v) is 7.19. The minimum absolute atomic E-state index is 0.436. The average Bonchev–Trinajstić information content (AvgIpc) is 2.28. The SMILES string of the molecule is CC1CC(C2(C)CCC(N)C(C)C2)CCC1N. The first-order chi connectivity index (χ1) is 7.92. The zero-order valence-corrected chi connectivity index (χ0v) is 11.8. The molecule has 0 amide bonds. The smallest absolute Gasteiger partial charge is 0.00649 e. The highest BCUT2D eigenvalue weighted by molar-refractivity contribution is 4.95. The molecule has 0 saturated heterocycles. The monoisotopic (exact) mass is 238 g/mol. The van der Waals surface area contributed by atoms with Crippen LogP contribution in [0, 0.1) is 23.2 Å². The molecule has 0 aromatic rings. The van der Waals surface area contributed by atoms with Gasteiger partial charge in [0.1, 0.15) is 0 Å². The predicted octanol–water partition coefficient (Wildman–Crippen LogP) is 2.90. The van der Waals surface area contributed by atoms with Crippen LogP contribution in [0.15, 0.2) is 0 Å². The normalized spacial score (nSPS) is 52.4. The third-order valence-corrected chi connectivity index (χ3v) is 5.79. The Kier molecular flexibility index (Phi) is 3.84. The van der Waals surface area contributed by atoms with E-state index in [-0.39, 0.29) is 0 Å². The molecule has 0 heterocycles. The van der Waals surface area contributed by atoms with Crippen LogP contribution in [0.25, 0.3) is 0 Å². The van der Waals surface area contributed by atoms with Crippen LogP contribution in [-0.2, 0) is 0 Å². The average molecular weight is 238 g/mol. The van der Waals surface area contributed by atoms with Crippen LogP contribution in [0.3, 0.4) is 0 Å². The first-order valence-corrected chi connectivity index (χ1v) is 7.43. The van der Waals surface area contributed by atoms with Crippen molar-refractivity contribution in [1.29, 1.82) is 0 Å². The first kappa shape index (κ1) is 13.4. The molecule has 17 heavy (non-hydrogen) atoms. The van der Waals surface area contributed by atoms with E-state index >= 15 is 0 Å². The number of rotatable bonds is 1. The van der Waals surface area contributed by atoms with Gasteiger partial charge in [-0.05, 0) is 61.7 Å². The summed E-state index contributed by atoms with van der Waals surface area (Å²) in [5.41, 5.74) is 12.8. The van der Waals surface area contributed by atoms with Gasteiger partial charge in [-0.25, -0.2) is 0 Å². The second kappa shape index (κ2) is 4.89. The Morgan fingerprint density at radius 3 is 2.18 bits per heavy atom. The lowest BCUT2D eigenvalue weighted by molar-refractivity contribution is 0.0371. The summed E-state index contributed by atoms with van der Waals surface area (Å²) >= 11 is 0. The fraction of sp³-hybridized carbons (Fsp3) is 1.00. The zero-order chi connectivity index (χ0) is 12.6. The van der Waals surface area contributed by atoms with E-state index in [1.165, 1.54) is 38.5 Å². The second-order valence-electron chi connectivity index (χ2n) is 7.19. The van der Waals surface area contributed by atoms with Gasteiger partial charge in [-0.3, -0.25) is 0 Å². The summed E-state index contributed by atoms with van der Waals surface area (Å²) < 4.78 is 0. The van der Waals surface area contributed by atoms with Gasteiger partial charge >= 0.3 is 0 Å². The van der Waals surface area contributed by atoms with Crippen molar-refractivity contribution >= 4 is 0 Å². The molecule has 100 valence electrons. The molecular weight excluding hydrogens is 208 g/mol. The zero-order valence-electron chi connectivity index (χ0n) is 11.8. The van der Waals surface area contributed by atoms with Gasteiger partial charge in [0.2, 0.25) is 0 Å². The van der Waals surface area contributed by atoms with Gasteiger partial charge < -0.3 is 11.5 Å². The van der Waals surface area contributed by atoms with E-state index in [9.17, 15) is 0 Å². The van der Waals surface area contributed by atoms with Crippen LogP contribution in [0.5, 0.6) is 0 Å². The van der Waals surface area contributed by atoms with Crippen LogP contribution >= 0.6 is 0 Å². The number of hydrogen-bond donors (Lipinski definition) is 2. The van der Waals surface area contributed by atoms with Crippen molar-refractivity contribution in [1.82, 2.24) is 0 Å². The fourth-order valence-corrected chi connectivity index (χ4v) is 4.19. The van der Waals surface area contributed by atoms with Crippen molar-refractivity contribution in [3.8, 4) is 0 Å². The molecule has 0 aromatic carbocycles. The molecule has 0 aromatic heterocycles. The third kappa shape index (κ3) is 2.68. The maximum absolute atomic E-state index is 6.16. The van der Waals surface area contributed by atoms with E-state index in [0.29, 0.717) is 29.3 Å². The lowest BCUT2D eigenvalue weighted by Gasteiger charge is -2.48. The highest BCUT2D eigenvalue weighted by Crippen LogP contribution is 2.49. The number of nitrogens with two attached hydrogens (primary N) is 2. The highest BCUT2D eigenvalue weighted by atomic mass is 14.7. The van der Waals surface area contributed by atoms with Gasteiger partial charge in [0.25, 0.3) is 0 Å². The Morgan fingerprint density at radius 1 is 0.941 bits per heavy atom. The standard InChI is InChI=1S/C15H30N2/c1-10-8-12(4-5-13(10)16)15(3)7-6-14(17)11(2)9-15/h10-14H,4-9,16-17H2,1-3H3. The molecule has 2 aliphatic carbocycles. The largest absolute Gasteiger partial charge is 0.327 e. The predicted molar refractivity (Wildman–Crippen MR) is 73.6 cm³/mol. The summed E-state index contributed by atoms with van der Waals surface area (Å²) in [5.74, 6) is 2.28. The molecule has 2 heteroatoms. The molecule has 0 bridgehead atoms. The molecule has 0 radical (unpaired) electrons. The number of hydrogen-bond acceptors (Lipinski definition) is 2. The van der Waals surface area contributed by atoms with Crippen LogP contribution in [0.2, 0.25) is 0 Å². The van der Waals surface area contributed by atoms with Crippen molar-refractivity contribution in [3.63, 3.8) is 0 Å². The molecule has 2 nitrogen and oxygen atoms in total. The van der Waals surface area contributed by atoms with E-state index in [2.05, 4.69) is 20.8 Å². The molecule has 6 unspecified atom stereocenters. The highest BCUT2D eigenvalue weighted by Gasteiger charge is 2.42. The maximum Gasteiger partial charge on any atom is 0.00649 e. The lowest BCUT2D eigenvalue weighted by atomic mass is 9.58. The van der Waals surface area contributed by atoms with E-state index in [1.807, 2.05) is 0 Å². The Morgan fingerprint density at radius 2 is 1.59 bits per heavy atom. The molecular formula is C15H30N2. The molecule has 6 atom stereocenters. The fourth-order valence-electron chi connectivity index (χ4n) is 4.19. The Labute approximate surface area is 107 Å². The van der Waals surface area contributed by atoms with Gasteiger partial charge in [-0.15, -0.1) is 0 Å². The summed E-state index contributed by atoms with van der Waals surface area (Å²) in [5, 5.41) is 0. The van der Waals surface area contributed by atoms with Gasteiger partial charge in [0, 0.05) is 12.1 Å². The van der Waals surface area contributed by atoms with Gasteiger partial charge in [0.05, 0.1) is 0 Å². The quantitative estimate of drug-likeness (QED) is 0.738. The molecule has 2 rings (SSSR count). The van der Waals surface area contributed by atoms with Gasteiger partial charge in [0.15, 0.2) is 0 Å². The third-order valence-electron chi connectivity index (χ3n) is 5.79. The molecule has 0 aliphatic heterocycles. The Balaban J connectivity index is 2.01. The summed E-state index contributed by atoms with van der Waals surface area (Å²) in [6, 6.07) is 0.879. The van der Waals surface area contributed by atoms with E-state index in [0.717, 1.165) is 5.92 Å². The minimum Gasteiger partial charge on any atom is -0.327 e. The maximum atomic E-state index is 6.16.